The Hall–Kier alpha value is -4.92. The van der Waals surface area contributed by atoms with E-state index < -0.39 is 29.4 Å². The highest BCUT2D eigenvalue weighted by atomic mass is 16.6. The molecular weight excluding hydrogens is 574 g/mol. The number of nitrogens with zero attached hydrogens (tertiary/aromatic N) is 3. The number of hydrogen-bond donors (Lipinski definition) is 5. The first-order valence-corrected chi connectivity index (χ1v) is 14.0. The zero-order valence-electron chi connectivity index (χ0n) is 24.8. The zero-order chi connectivity index (χ0) is 32.3. The maximum atomic E-state index is 12.7. The number of nitrogens with one attached hydrogen (secondary N) is 3. The summed E-state index contributed by atoms with van der Waals surface area (Å²) >= 11 is 0. The molecule has 0 saturated heterocycles. The van der Waals surface area contributed by atoms with E-state index in [1.807, 2.05) is 0 Å². The largest absolute Gasteiger partial charge is 0.480 e. The summed E-state index contributed by atoms with van der Waals surface area (Å²) < 4.78 is 10.5. The van der Waals surface area contributed by atoms with Gasteiger partial charge in [-0.3, -0.25) is 19.2 Å². The lowest BCUT2D eigenvalue weighted by Crippen LogP contribution is -2.41. The number of ketones is 1. The monoisotopic (exact) mass is 611 g/mol. The fourth-order valence-corrected chi connectivity index (χ4v) is 3.90. The molecule has 0 spiro atoms. The predicted molar refractivity (Wildman–Crippen MR) is 158 cm³/mol. The second kappa shape index (κ2) is 15.5. The summed E-state index contributed by atoms with van der Waals surface area (Å²) in [6.45, 7) is 6.06. The average Bonchev–Trinajstić information content (AvgIpc) is 2.95. The molecule has 1 unspecified atom stereocenters. The fourth-order valence-electron chi connectivity index (χ4n) is 3.90. The van der Waals surface area contributed by atoms with Crippen molar-refractivity contribution >= 4 is 46.9 Å². The van der Waals surface area contributed by atoms with Crippen LogP contribution in [0.1, 0.15) is 73.0 Å². The molecule has 0 fully saturated rings. The standard InChI is InChI=1S/C29H37N7O8/c1-29(2,3)44-24(39)10-12-43-13-11-31-23(38)9-8-20(28(41)42)35-27(40)17-4-6-18(7-5-17)32-15-19-16-33-26-25(34-19)21(37)14-22(30)36-26/h4-7,16,20,32H,8-15H2,1-3H3,(H,31,38)(H,35,40)(H,41,42)(H2,30,33,36). The highest BCUT2D eigenvalue weighted by Crippen LogP contribution is 2.21. The molecule has 1 aromatic carbocycles. The molecule has 6 N–H and O–H groups in total. The molecule has 0 radical (unpaired) electrons. The summed E-state index contributed by atoms with van der Waals surface area (Å²) in [4.78, 5) is 72.8. The number of aliphatic imine (C=N–C) groups is 1. The minimum atomic E-state index is -1.28. The van der Waals surface area contributed by atoms with E-state index in [1.54, 1.807) is 32.9 Å². The zero-order valence-corrected chi connectivity index (χ0v) is 24.8. The third-order valence-electron chi connectivity index (χ3n) is 5.98. The van der Waals surface area contributed by atoms with Crippen LogP contribution in [0.4, 0.5) is 11.5 Å². The number of carboxylic acids is 1. The molecule has 0 bridgehead atoms. The number of anilines is 1. The van der Waals surface area contributed by atoms with Gasteiger partial charge < -0.3 is 36.3 Å². The van der Waals surface area contributed by atoms with Gasteiger partial charge in [0.05, 0.1) is 44.5 Å². The number of ether oxygens (including phenoxy) is 2. The quantitative estimate of drug-likeness (QED) is 0.143. The smallest absolute Gasteiger partial charge is 0.326 e. The SMILES string of the molecule is CC(C)(C)OC(=O)CCOCCNC(=O)CCC(NC(=O)c1ccc(NCc2cnc3c(n2)C(=O)CC(N)=N3)cc1)C(=O)O. The van der Waals surface area contributed by atoms with Gasteiger partial charge in [0.2, 0.25) is 5.91 Å². The molecule has 2 amide bonds. The third kappa shape index (κ3) is 11.1. The summed E-state index contributed by atoms with van der Waals surface area (Å²) in [7, 11) is 0. The Kier molecular flexibility index (Phi) is 11.8. The number of nitrogens with two attached hydrogens (primary N) is 1. The molecule has 3 rings (SSSR count). The normalized spacial score (nSPS) is 13.2. The molecule has 15 heteroatoms. The molecule has 2 heterocycles. The highest BCUT2D eigenvalue weighted by molar-refractivity contribution is 6.13. The van der Waals surface area contributed by atoms with E-state index in [0.29, 0.717) is 11.4 Å². The second-order valence-electron chi connectivity index (χ2n) is 10.9. The minimum absolute atomic E-state index is 0.00659. The van der Waals surface area contributed by atoms with Crippen molar-refractivity contribution in [3.05, 3.63) is 47.4 Å². The number of fused-ring (bicyclic) bond motifs is 1. The first-order chi connectivity index (χ1) is 20.8. The van der Waals surface area contributed by atoms with E-state index in [1.165, 1.54) is 18.3 Å². The van der Waals surface area contributed by atoms with Gasteiger partial charge in [-0.05, 0) is 51.5 Å². The number of amides is 2. The molecule has 15 nitrogen and oxygen atoms in total. The summed E-state index contributed by atoms with van der Waals surface area (Å²) in [5, 5.41) is 17.7. The lowest BCUT2D eigenvalue weighted by Gasteiger charge is -2.19. The van der Waals surface area contributed by atoms with Gasteiger partial charge in [0, 0.05) is 24.2 Å². The number of amidine groups is 1. The summed E-state index contributed by atoms with van der Waals surface area (Å²) in [5.74, 6) is -2.53. The Balaban J connectivity index is 1.38. The van der Waals surface area contributed by atoms with E-state index in [9.17, 15) is 29.1 Å². The molecule has 2 aromatic rings. The van der Waals surface area contributed by atoms with Crippen molar-refractivity contribution in [3.63, 3.8) is 0 Å². The summed E-state index contributed by atoms with van der Waals surface area (Å²) in [6, 6.07) is 5.03. The predicted octanol–water partition coefficient (Wildman–Crippen LogP) is 1.49. The number of aromatic nitrogens is 2. The van der Waals surface area contributed by atoms with Crippen molar-refractivity contribution in [2.45, 2.75) is 64.6 Å². The van der Waals surface area contributed by atoms with Gasteiger partial charge in [0.15, 0.2) is 17.3 Å². The van der Waals surface area contributed by atoms with Crippen molar-refractivity contribution < 1.29 is 38.6 Å². The van der Waals surface area contributed by atoms with Crippen LogP contribution in [0.5, 0.6) is 0 Å². The van der Waals surface area contributed by atoms with Crippen molar-refractivity contribution in [1.82, 2.24) is 20.6 Å². The number of Topliss-reactive ketones (excluding diaryl/α,β-unsaturated/α-hetero) is 1. The molecule has 44 heavy (non-hydrogen) atoms. The molecular formula is C29H37N7O8. The first kappa shape index (κ1) is 33.6. The Morgan fingerprint density at radius 2 is 1.82 bits per heavy atom. The molecule has 1 aliphatic rings. The van der Waals surface area contributed by atoms with E-state index in [4.69, 9.17) is 15.2 Å². The minimum Gasteiger partial charge on any atom is -0.480 e. The Labute approximate surface area is 254 Å². The second-order valence-corrected chi connectivity index (χ2v) is 10.9. The first-order valence-electron chi connectivity index (χ1n) is 14.0. The van der Waals surface area contributed by atoms with Crippen LogP contribution in [0, 0.1) is 0 Å². The van der Waals surface area contributed by atoms with Crippen LogP contribution >= 0.6 is 0 Å². The number of benzene rings is 1. The number of carbonyl (C=O) groups is 5. The van der Waals surface area contributed by atoms with Crippen molar-refractivity contribution in [1.29, 1.82) is 0 Å². The van der Waals surface area contributed by atoms with E-state index in [2.05, 4.69) is 30.9 Å². The highest BCUT2D eigenvalue weighted by Gasteiger charge is 2.23. The van der Waals surface area contributed by atoms with Crippen LogP contribution in [-0.4, -0.2) is 81.8 Å². The maximum absolute atomic E-state index is 12.7. The van der Waals surface area contributed by atoms with Crippen LogP contribution < -0.4 is 21.7 Å². The Morgan fingerprint density at radius 1 is 1.09 bits per heavy atom. The van der Waals surface area contributed by atoms with Gasteiger partial charge in [-0.1, -0.05) is 0 Å². The lowest BCUT2D eigenvalue weighted by molar-refractivity contribution is -0.156. The number of aliphatic carboxylic acids is 1. The average molecular weight is 612 g/mol. The van der Waals surface area contributed by atoms with Crippen LogP contribution in [0.15, 0.2) is 35.5 Å². The van der Waals surface area contributed by atoms with E-state index in [-0.39, 0.29) is 86.6 Å². The molecule has 1 aliphatic heterocycles. The Bertz CT molecular complexity index is 1400. The van der Waals surface area contributed by atoms with Gasteiger partial charge in [0.1, 0.15) is 17.5 Å². The fraction of sp³-hybridized carbons (Fsp3) is 0.448. The van der Waals surface area contributed by atoms with Crippen molar-refractivity contribution in [2.24, 2.45) is 10.7 Å². The number of esters is 1. The number of carboxylic acid groups (broad SMARTS) is 1. The third-order valence-corrected chi connectivity index (χ3v) is 5.98. The lowest BCUT2D eigenvalue weighted by atomic mass is 10.1. The van der Waals surface area contributed by atoms with Gasteiger partial charge in [-0.25, -0.2) is 19.8 Å². The number of carbonyl (C=O) groups excluding carboxylic acids is 4. The van der Waals surface area contributed by atoms with E-state index >= 15 is 0 Å². The Morgan fingerprint density at radius 3 is 2.50 bits per heavy atom. The van der Waals surface area contributed by atoms with E-state index in [0.717, 1.165) is 0 Å². The van der Waals surface area contributed by atoms with Gasteiger partial charge in [0.25, 0.3) is 5.91 Å². The van der Waals surface area contributed by atoms with Gasteiger partial charge in [-0.15, -0.1) is 0 Å². The molecule has 1 aromatic heterocycles. The number of hydrogen-bond acceptors (Lipinski definition) is 12. The van der Waals surface area contributed by atoms with Crippen LogP contribution in [0.3, 0.4) is 0 Å². The molecule has 236 valence electrons. The molecule has 1 atom stereocenters. The maximum Gasteiger partial charge on any atom is 0.326 e. The van der Waals surface area contributed by atoms with Crippen molar-refractivity contribution in [3.8, 4) is 0 Å². The molecule has 0 aliphatic carbocycles. The summed E-state index contributed by atoms with van der Waals surface area (Å²) in [6.07, 6.45) is 1.32. The topological polar surface area (TPSA) is 224 Å². The van der Waals surface area contributed by atoms with Crippen LogP contribution in [0.2, 0.25) is 0 Å². The van der Waals surface area contributed by atoms with Crippen LogP contribution in [0.25, 0.3) is 0 Å². The van der Waals surface area contributed by atoms with Gasteiger partial charge >= 0.3 is 11.9 Å². The van der Waals surface area contributed by atoms with Gasteiger partial charge in [-0.2, -0.15) is 0 Å². The number of rotatable bonds is 15. The van der Waals surface area contributed by atoms with Crippen LogP contribution in [-0.2, 0) is 30.4 Å². The van der Waals surface area contributed by atoms with Crippen molar-refractivity contribution in [2.75, 3.05) is 25.1 Å². The summed E-state index contributed by atoms with van der Waals surface area (Å²) in [5.41, 5.74) is 6.60. The molecule has 0 saturated carbocycles.